The number of carbonyl (C=O) groups excluding carboxylic acids is 1. The third kappa shape index (κ3) is 3.91. The average molecular weight is 315 g/mol. The minimum atomic E-state index is -0.901. The van der Waals surface area contributed by atoms with Crippen LogP contribution in [0.1, 0.15) is 42.5 Å². The summed E-state index contributed by atoms with van der Waals surface area (Å²) in [7, 11) is 0. The topological polar surface area (TPSA) is 72.2 Å². The molecule has 1 aromatic rings. The highest BCUT2D eigenvalue weighted by molar-refractivity contribution is 6.21. The summed E-state index contributed by atoms with van der Waals surface area (Å²) in [5.41, 5.74) is -0.581. The normalized spacial score (nSPS) is 22.4. The van der Waals surface area contributed by atoms with Crippen LogP contribution in [0.15, 0.2) is 18.2 Å². The number of alkyl halides is 1. The second-order valence-corrected chi connectivity index (χ2v) is 5.72. The van der Waals surface area contributed by atoms with Crippen molar-refractivity contribution in [2.75, 3.05) is 0 Å². The summed E-state index contributed by atoms with van der Waals surface area (Å²) in [4.78, 5) is 21.9. The molecule has 0 aliphatic heterocycles. The maximum absolute atomic E-state index is 13.8. The van der Waals surface area contributed by atoms with Crippen LogP contribution in [0.3, 0.4) is 0 Å². The Labute approximate surface area is 126 Å². The number of halogens is 2. The van der Waals surface area contributed by atoms with Crippen LogP contribution in [0.5, 0.6) is 0 Å². The molecule has 0 aromatic heterocycles. The largest absolute Gasteiger partial charge is 0.348 e. The van der Waals surface area contributed by atoms with Crippen LogP contribution < -0.4 is 5.32 Å². The van der Waals surface area contributed by atoms with Gasteiger partial charge in [-0.3, -0.25) is 14.9 Å². The zero-order valence-corrected chi connectivity index (χ0v) is 12.1. The SMILES string of the molecule is O=C(NC1CCCCCC1Cl)c1ccc([N+](=O)[O-])cc1F. The van der Waals surface area contributed by atoms with Crippen LogP contribution in [0, 0.1) is 15.9 Å². The molecule has 1 aromatic carbocycles. The third-order valence-electron chi connectivity index (χ3n) is 3.66. The molecule has 2 atom stereocenters. The second-order valence-electron chi connectivity index (χ2n) is 5.16. The fourth-order valence-electron chi connectivity index (χ4n) is 2.47. The van der Waals surface area contributed by atoms with Crippen molar-refractivity contribution in [3.05, 3.63) is 39.7 Å². The molecule has 0 bridgehead atoms. The molecule has 1 amide bonds. The lowest BCUT2D eigenvalue weighted by molar-refractivity contribution is -0.385. The minimum Gasteiger partial charge on any atom is -0.348 e. The average Bonchev–Trinajstić information content (AvgIpc) is 2.63. The van der Waals surface area contributed by atoms with Gasteiger partial charge < -0.3 is 5.32 Å². The van der Waals surface area contributed by atoms with Gasteiger partial charge >= 0.3 is 0 Å². The van der Waals surface area contributed by atoms with Crippen LogP contribution in [0.2, 0.25) is 0 Å². The number of nitro groups is 1. The van der Waals surface area contributed by atoms with Crippen molar-refractivity contribution in [3.8, 4) is 0 Å². The number of benzene rings is 1. The number of rotatable bonds is 3. The highest BCUT2D eigenvalue weighted by Gasteiger charge is 2.25. The van der Waals surface area contributed by atoms with Gasteiger partial charge in [-0.2, -0.15) is 0 Å². The number of carbonyl (C=O) groups is 1. The molecular formula is C14H16ClFN2O3. The van der Waals surface area contributed by atoms with Gasteiger partial charge in [0.05, 0.1) is 21.9 Å². The van der Waals surface area contributed by atoms with E-state index in [1.165, 1.54) is 0 Å². The first-order valence-electron chi connectivity index (χ1n) is 6.88. The zero-order valence-electron chi connectivity index (χ0n) is 11.4. The summed E-state index contributed by atoms with van der Waals surface area (Å²) in [5, 5.41) is 13.1. The minimum absolute atomic E-state index is 0.169. The van der Waals surface area contributed by atoms with Crippen molar-refractivity contribution in [1.82, 2.24) is 5.32 Å². The Hall–Kier alpha value is -1.69. The second kappa shape index (κ2) is 6.85. The molecule has 1 N–H and O–H groups in total. The Morgan fingerprint density at radius 2 is 2.05 bits per heavy atom. The van der Waals surface area contributed by atoms with Crippen molar-refractivity contribution < 1.29 is 14.1 Å². The van der Waals surface area contributed by atoms with Gasteiger partial charge in [-0.25, -0.2) is 4.39 Å². The van der Waals surface area contributed by atoms with Crippen molar-refractivity contribution in [1.29, 1.82) is 0 Å². The molecule has 0 spiro atoms. The first-order valence-corrected chi connectivity index (χ1v) is 7.31. The van der Waals surface area contributed by atoms with E-state index in [2.05, 4.69) is 5.32 Å². The number of amides is 1. The van der Waals surface area contributed by atoms with Gasteiger partial charge in [0, 0.05) is 12.1 Å². The molecule has 7 heteroatoms. The summed E-state index contributed by atoms with van der Waals surface area (Å²) in [5.74, 6) is -1.48. The Balaban J connectivity index is 2.11. The van der Waals surface area contributed by atoms with Crippen molar-refractivity contribution in [2.24, 2.45) is 0 Å². The van der Waals surface area contributed by atoms with Gasteiger partial charge in [-0.15, -0.1) is 11.6 Å². The van der Waals surface area contributed by atoms with Crippen LogP contribution in [-0.2, 0) is 0 Å². The van der Waals surface area contributed by atoms with Crippen LogP contribution in [0.4, 0.5) is 10.1 Å². The molecule has 21 heavy (non-hydrogen) atoms. The van der Waals surface area contributed by atoms with Gasteiger partial charge in [-0.1, -0.05) is 19.3 Å². The molecular weight excluding hydrogens is 299 g/mol. The maximum Gasteiger partial charge on any atom is 0.272 e. The molecule has 0 heterocycles. The molecule has 0 saturated heterocycles. The maximum atomic E-state index is 13.8. The lowest BCUT2D eigenvalue weighted by Crippen LogP contribution is -2.40. The van der Waals surface area contributed by atoms with Gasteiger partial charge in [0.1, 0.15) is 5.82 Å². The molecule has 5 nitrogen and oxygen atoms in total. The number of hydrogen-bond donors (Lipinski definition) is 1. The van der Waals surface area contributed by atoms with E-state index >= 15 is 0 Å². The van der Waals surface area contributed by atoms with E-state index in [0.717, 1.165) is 50.3 Å². The number of hydrogen-bond acceptors (Lipinski definition) is 3. The summed E-state index contributed by atoms with van der Waals surface area (Å²) in [6.45, 7) is 0. The summed E-state index contributed by atoms with van der Waals surface area (Å²) in [6.07, 6.45) is 4.63. The molecule has 2 unspecified atom stereocenters. The zero-order chi connectivity index (χ0) is 15.4. The molecule has 1 aliphatic rings. The van der Waals surface area contributed by atoms with E-state index in [9.17, 15) is 19.3 Å². The molecule has 0 radical (unpaired) electrons. The van der Waals surface area contributed by atoms with E-state index in [-0.39, 0.29) is 22.7 Å². The summed E-state index contributed by atoms with van der Waals surface area (Å²) in [6, 6.07) is 2.79. The van der Waals surface area contributed by atoms with Crippen LogP contribution in [-0.4, -0.2) is 22.2 Å². The Bertz CT molecular complexity index is 553. The van der Waals surface area contributed by atoms with Gasteiger partial charge in [0.25, 0.3) is 11.6 Å². The quantitative estimate of drug-likeness (QED) is 0.402. The Morgan fingerprint density at radius 1 is 1.33 bits per heavy atom. The Morgan fingerprint density at radius 3 is 2.71 bits per heavy atom. The third-order valence-corrected chi connectivity index (χ3v) is 4.18. The van der Waals surface area contributed by atoms with Gasteiger partial charge in [0.2, 0.25) is 0 Å². The van der Waals surface area contributed by atoms with Crippen molar-refractivity contribution >= 4 is 23.2 Å². The predicted octanol–water partition coefficient (Wildman–Crippen LogP) is 3.40. The molecule has 2 rings (SSSR count). The molecule has 114 valence electrons. The molecule has 1 saturated carbocycles. The fourth-order valence-corrected chi connectivity index (χ4v) is 2.82. The highest BCUT2D eigenvalue weighted by atomic mass is 35.5. The van der Waals surface area contributed by atoms with Gasteiger partial charge in [-0.05, 0) is 18.9 Å². The van der Waals surface area contributed by atoms with E-state index in [1.807, 2.05) is 0 Å². The first kappa shape index (κ1) is 15.7. The molecule has 1 aliphatic carbocycles. The smallest absolute Gasteiger partial charge is 0.272 e. The Kier molecular flexibility index (Phi) is 5.12. The lowest BCUT2D eigenvalue weighted by atomic mass is 10.1. The van der Waals surface area contributed by atoms with Crippen LogP contribution in [0.25, 0.3) is 0 Å². The number of nitrogens with one attached hydrogen (secondary N) is 1. The summed E-state index contributed by atoms with van der Waals surface area (Å²) < 4.78 is 13.8. The summed E-state index contributed by atoms with van der Waals surface area (Å²) >= 11 is 6.23. The van der Waals surface area contributed by atoms with E-state index in [1.54, 1.807) is 0 Å². The van der Waals surface area contributed by atoms with E-state index < -0.39 is 16.6 Å². The highest BCUT2D eigenvalue weighted by Crippen LogP contribution is 2.23. The van der Waals surface area contributed by atoms with Crippen molar-refractivity contribution in [2.45, 2.75) is 43.5 Å². The van der Waals surface area contributed by atoms with E-state index in [0.29, 0.717) is 0 Å². The number of non-ortho nitro benzene ring substituents is 1. The predicted molar refractivity (Wildman–Crippen MR) is 77.0 cm³/mol. The molecule has 1 fully saturated rings. The van der Waals surface area contributed by atoms with Crippen molar-refractivity contribution in [3.63, 3.8) is 0 Å². The van der Waals surface area contributed by atoms with Gasteiger partial charge in [0.15, 0.2) is 0 Å². The standard InChI is InChI=1S/C14H16ClFN2O3/c15-11-4-2-1-3-5-13(11)17-14(19)10-7-6-9(18(20)21)8-12(10)16/h6-8,11,13H,1-5H2,(H,17,19). The monoisotopic (exact) mass is 314 g/mol. The number of nitrogens with zero attached hydrogens (tertiary/aromatic N) is 1. The van der Waals surface area contributed by atoms with Crippen LogP contribution >= 0.6 is 11.6 Å². The lowest BCUT2D eigenvalue weighted by Gasteiger charge is -2.21. The first-order chi connectivity index (χ1) is 9.99. The number of nitro benzene ring substituents is 1. The fraction of sp³-hybridized carbons (Fsp3) is 0.500. The van der Waals surface area contributed by atoms with E-state index in [4.69, 9.17) is 11.6 Å².